The molecular formula is C22H20ClF3N6O4S. The monoisotopic (exact) mass is 556 g/mol. The molecule has 0 aliphatic carbocycles. The van der Waals surface area contributed by atoms with E-state index in [1.54, 1.807) is 0 Å². The molecule has 0 bridgehead atoms. The Hall–Kier alpha value is -3.75. The van der Waals surface area contributed by atoms with Crippen LogP contribution in [0, 0.1) is 0 Å². The van der Waals surface area contributed by atoms with E-state index in [0.29, 0.717) is 5.69 Å². The number of aliphatic hydroxyl groups excluding tert-OH is 1. The average molecular weight is 557 g/mol. The maximum Gasteiger partial charge on any atom is 0.455 e. The van der Waals surface area contributed by atoms with Crippen LogP contribution in [-0.4, -0.2) is 46.5 Å². The molecule has 0 aliphatic heterocycles. The van der Waals surface area contributed by atoms with Crippen LogP contribution in [0.5, 0.6) is 0 Å². The summed E-state index contributed by atoms with van der Waals surface area (Å²) in [6, 6.07) is 14.0. The number of halogens is 4. The van der Waals surface area contributed by atoms with Gasteiger partial charge in [0.2, 0.25) is 5.95 Å². The summed E-state index contributed by atoms with van der Waals surface area (Å²) in [4.78, 5) is 11.0. The zero-order valence-electron chi connectivity index (χ0n) is 19.1. The summed E-state index contributed by atoms with van der Waals surface area (Å²) in [5.41, 5.74) is 7.20. The molecule has 0 amide bonds. The summed E-state index contributed by atoms with van der Waals surface area (Å²) < 4.78 is 65.3. The SMILES string of the molecule is CS(=O)(=O)c1ccc(Nc2ncc(-c3nc(C(F)(F)F)no3)c(N)n2)cc1Cl.OCCc1ccccc1. The van der Waals surface area contributed by atoms with Crippen molar-refractivity contribution >= 4 is 38.9 Å². The predicted octanol–water partition coefficient (Wildman–Crippen LogP) is 4.15. The lowest BCUT2D eigenvalue weighted by atomic mass is 10.2. The van der Waals surface area contributed by atoms with Crippen molar-refractivity contribution in [2.75, 3.05) is 23.9 Å². The number of alkyl halides is 3. The molecule has 0 fully saturated rings. The van der Waals surface area contributed by atoms with Crippen LogP contribution < -0.4 is 11.1 Å². The fourth-order valence-electron chi connectivity index (χ4n) is 2.85. The topological polar surface area (TPSA) is 157 Å². The van der Waals surface area contributed by atoms with Gasteiger partial charge in [0.1, 0.15) is 11.4 Å². The Balaban J connectivity index is 0.000000356. The molecule has 4 rings (SSSR count). The van der Waals surface area contributed by atoms with Crippen molar-refractivity contribution in [3.8, 4) is 11.5 Å². The Bertz CT molecular complexity index is 1470. The molecule has 2 heterocycles. The Morgan fingerprint density at radius 3 is 2.38 bits per heavy atom. The minimum Gasteiger partial charge on any atom is -0.396 e. The number of nitrogen functional groups attached to an aromatic ring is 1. The highest BCUT2D eigenvalue weighted by atomic mass is 35.5. The standard InChI is InChI=1S/C14H10ClF3N6O3S.C8H10O/c1-28(25,26)9-3-2-6(4-8(9)15)21-13-20-5-7(10(19)22-13)11-23-12(24-27-11)14(16,17)18;9-7-6-8-4-2-1-3-5-8/h2-5H,1H3,(H3,19,20,21,22);1-5,9H,6-7H2. The van der Waals surface area contributed by atoms with Crippen LogP contribution in [0.2, 0.25) is 5.02 Å². The molecule has 4 N–H and O–H groups in total. The van der Waals surface area contributed by atoms with E-state index in [0.717, 1.165) is 18.9 Å². The van der Waals surface area contributed by atoms with Crippen LogP contribution in [-0.2, 0) is 22.4 Å². The fourth-order valence-corrected chi connectivity index (χ4v) is 4.18. The van der Waals surface area contributed by atoms with E-state index >= 15 is 0 Å². The smallest absolute Gasteiger partial charge is 0.396 e. The Morgan fingerprint density at radius 1 is 1.14 bits per heavy atom. The van der Waals surface area contributed by atoms with Crippen molar-refractivity contribution in [1.29, 1.82) is 0 Å². The largest absolute Gasteiger partial charge is 0.455 e. The minimum absolute atomic E-state index is 0.0115. The molecule has 0 saturated carbocycles. The van der Waals surface area contributed by atoms with Crippen LogP contribution in [0.1, 0.15) is 11.4 Å². The number of sulfone groups is 1. The van der Waals surface area contributed by atoms with Crippen LogP contribution in [0.3, 0.4) is 0 Å². The van der Waals surface area contributed by atoms with E-state index in [-0.39, 0.29) is 33.9 Å². The molecule has 4 aromatic rings. The number of anilines is 3. The summed E-state index contributed by atoms with van der Waals surface area (Å²) in [6.45, 7) is 0.240. The molecule has 0 unspecified atom stereocenters. The number of hydrogen-bond donors (Lipinski definition) is 3. The number of aliphatic hydroxyl groups is 1. The van der Waals surface area contributed by atoms with Gasteiger partial charge in [-0.05, 0) is 30.2 Å². The maximum atomic E-state index is 12.6. The molecule has 0 atom stereocenters. The quantitative estimate of drug-likeness (QED) is 0.315. The molecular weight excluding hydrogens is 537 g/mol. The van der Waals surface area contributed by atoms with Gasteiger partial charge in [0.25, 0.3) is 11.7 Å². The number of benzene rings is 2. The second-order valence-corrected chi connectivity index (χ2v) is 9.81. The number of nitrogens with one attached hydrogen (secondary N) is 1. The van der Waals surface area contributed by atoms with Gasteiger partial charge in [0.15, 0.2) is 9.84 Å². The van der Waals surface area contributed by atoms with Crippen LogP contribution in [0.15, 0.2) is 64.1 Å². The normalized spacial score (nSPS) is 11.5. The van der Waals surface area contributed by atoms with Crippen LogP contribution in [0.25, 0.3) is 11.5 Å². The van der Waals surface area contributed by atoms with E-state index < -0.39 is 27.7 Å². The Morgan fingerprint density at radius 2 is 1.84 bits per heavy atom. The zero-order valence-corrected chi connectivity index (χ0v) is 20.6. The molecule has 0 aliphatic rings. The molecule has 37 heavy (non-hydrogen) atoms. The first-order chi connectivity index (χ1) is 17.4. The van der Waals surface area contributed by atoms with E-state index in [9.17, 15) is 21.6 Å². The molecule has 10 nitrogen and oxygen atoms in total. The molecule has 0 saturated heterocycles. The first-order valence-electron chi connectivity index (χ1n) is 10.3. The first kappa shape index (κ1) is 27.8. The van der Waals surface area contributed by atoms with Crippen LogP contribution in [0.4, 0.5) is 30.6 Å². The van der Waals surface area contributed by atoms with Crippen molar-refractivity contribution in [3.05, 3.63) is 71.1 Å². The van der Waals surface area contributed by atoms with E-state index in [1.165, 1.54) is 23.8 Å². The van der Waals surface area contributed by atoms with Crippen molar-refractivity contribution in [2.24, 2.45) is 0 Å². The highest BCUT2D eigenvalue weighted by Crippen LogP contribution is 2.31. The molecule has 15 heteroatoms. The summed E-state index contributed by atoms with van der Waals surface area (Å²) in [5, 5.41) is 14.1. The molecule has 0 spiro atoms. The summed E-state index contributed by atoms with van der Waals surface area (Å²) in [5.74, 6) is -2.17. The van der Waals surface area contributed by atoms with E-state index in [1.807, 2.05) is 30.3 Å². The van der Waals surface area contributed by atoms with E-state index in [2.05, 4.69) is 29.9 Å². The number of nitrogens with two attached hydrogens (primary N) is 1. The van der Waals surface area contributed by atoms with Gasteiger partial charge in [-0.1, -0.05) is 47.1 Å². The first-order valence-corrected chi connectivity index (χ1v) is 12.6. The lowest BCUT2D eigenvalue weighted by Crippen LogP contribution is -2.07. The van der Waals surface area contributed by atoms with Crippen LogP contribution >= 0.6 is 11.6 Å². The van der Waals surface area contributed by atoms with Gasteiger partial charge in [-0.3, -0.25) is 0 Å². The maximum absolute atomic E-state index is 12.6. The lowest BCUT2D eigenvalue weighted by molar-refractivity contribution is -0.146. The van der Waals surface area contributed by atoms with Gasteiger partial charge < -0.3 is 20.7 Å². The van der Waals surface area contributed by atoms with Gasteiger partial charge >= 0.3 is 6.18 Å². The predicted molar refractivity (Wildman–Crippen MR) is 130 cm³/mol. The molecule has 2 aromatic carbocycles. The summed E-state index contributed by atoms with van der Waals surface area (Å²) in [6.07, 6.45) is -1.88. The van der Waals surface area contributed by atoms with Gasteiger partial charge in [-0.25, -0.2) is 13.4 Å². The third-order valence-electron chi connectivity index (χ3n) is 4.56. The van der Waals surface area contributed by atoms with Crippen molar-refractivity contribution in [3.63, 3.8) is 0 Å². The third kappa shape index (κ3) is 7.62. The number of rotatable bonds is 6. The van der Waals surface area contributed by atoms with Crippen molar-refractivity contribution in [1.82, 2.24) is 20.1 Å². The number of nitrogens with zero attached hydrogens (tertiary/aromatic N) is 4. The Kier molecular flexibility index (Phi) is 8.68. The molecule has 0 radical (unpaired) electrons. The second kappa shape index (κ2) is 11.5. The third-order valence-corrected chi connectivity index (χ3v) is 6.14. The molecule has 196 valence electrons. The van der Waals surface area contributed by atoms with Gasteiger partial charge in [0.05, 0.1) is 9.92 Å². The highest BCUT2D eigenvalue weighted by molar-refractivity contribution is 7.90. The fraction of sp³-hybridized carbons (Fsp3) is 0.182. The highest BCUT2D eigenvalue weighted by Gasteiger charge is 2.37. The summed E-state index contributed by atoms with van der Waals surface area (Å²) in [7, 11) is -3.49. The lowest BCUT2D eigenvalue weighted by Gasteiger charge is -2.08. The van der Waals surface area contributed by atoms with Gasteiger partial charge in [-0.2, -0.15) is 23.1 Å². The van der Waals surface area contributed by atoms with E-state index in [4.69, 9.17) is 22.4 Å². The summed E-state index contributed by atoms with van der Waals surface area (Å²) >= 11 is 5.95. The van der Waals surface area contributed by atoms with Crippen molar-refractivity contribution in [2.45, 2.75) is 17.5 Å². The molecule has 2 aromatic heterocycles. The number of hydrogen-bond acceptors (Lipinski definition) is 10. The second-order valence-electron chi connectivity index (χ2n) is 7.41. The number of aromatic nitrogens is 4. The van der Waals surface area contributed by atoms with Crippen molar-refractivity contribution < 1.29 is 31.2 Å². The Labute approximate surface area is 214 Å². The van der Waals surface area contributed by atoms with Gasteiger partial charge in [-0.15, -0.1) is 0 Å². The average Bonchev–Trinajstić information content (AvgIpc) is 3.30. The minimum atomic E-state index is -4.77. The van der Waals surface area contributed by atoms with Gasteiger partial charge in [0, 0.05) is 24.7 Å². The zero-order chi connectivity index (χ0) is 27.2.